The van der Waals surface area contributed by atoms with Gasteiger partial charge in [-0.2, -0.15) is 5.26 Å². The molecule has 15 heavy (non-hydrogen) atoms. The molecule has 1 aromatic rings. The molecule has 2 atom stereocenters. The first-order valence-electron chi connectivity index (χ1n) is 4.92. The average Bonchev–Trinajstić information content (AvgIpc) is 2.26. The van der Waals surface area contributed by atoms with Gasteiger partial charge in [0.25, 0.3) is 0 Å². The fourth-order valence-electron chi connectivity index (χ4n) is 1.62. The molecule has 0 bridgehead atoms. The van der Waals surface area contributed by atoms with Crippen LogP contribution in [-0.4, -0.2) is 5.11 Å². The Morgan fingerprint density at radius 1 is 1.60 bits per heavy atom. The molecular weight excluding hydrogens is 254 g/mol. The van der Waals surface area contributed by atoms with Crippen molar-refractivity contribution >= 4 is 15.9 Å². The standard InChI is InChI=1S/C12H14BrNO/c1-3-12(15,9(2)8-14)10-5-4-6-11(13)7-10/h4-7,9,15H,3H2,1-2H3. The fourth-order valence-corrected chi connectivity index (χ4v) is 2.02. The third-order valence-electron chi connectivity index (χ3n) is 2.77. The predicted octanol–water partition coefficient (Wildman–Crippen LogP) is 3.21. The van der Waals surface area contributed by atoms with Gasteiger partial charge >= 0.3 is 0 Å². The van der Waals surface area contributed by atoms with Gasteiger partial charge in [-0.3, -0.25) is 0 Å². The Labute approximate surface area is 98.7 Å². The first-order chi connectivity index (χ1) is 7.04. The summed E-state index contributed by atoms with van der Waals surface area (Å²) in [5.41, 5.74) is -0.271. The van der Waals surface area contributed by atoms with Gasteiger partial charge in [-0.05, 0) is 31.0 Å². The highest BCUT2D eigenvalue weighted by Crippen LogP contribution is 2.33. The minimum Gasteiger partial charge on any atom is -0.384 e. The number of rotatable bonds is 3. The van der Waals surface area contributed by atoms with Crippen LogP contribution in [0.25, 0.3) is 0 Å². The monoisotopic (exact) mass is 267 g/mol. The Bertz CT molecular complexity index is 385. The molecule has 0 heterocycles. The van der Waals surface area contributed by atoms with Gasteiger partial charge in [0, 0.05) is 4.47 Å². The molecule has 80 valence electrons. The molecule has 0 amide bonds. The summed E-state index contributed by atoms with van der Waals surface area (Å²) in [6.45, 7) is 3.62. The highest BCUT2D eigenvalue weighted by atomic mass is 79.9. The molecule has 0 aliphatic carbocycles. The molecule has 0 spiro atoms. The summed E-state index contributed by atoms with van der Waals surface area (Å²) in [5.74, 6) is -0.420. The van der Waals surface area contributed by atoms with E-state index in [2.05, 4.69) is 22.0 Å². The molecular formula is C12H14BrNO. The van der Waals surface area contributed by atoms with E-state index < -0.39 is 11.5 Å². The highest BCUT2D eigenvalue weighted by molar-refractivity contribution is 9.10. The van der Waals surface area contributed by atoms with Crippen molar-refractivity contribution in [1.82, 2.24) is 0 Å². The summed E-state index contributed by atoms with van der Waals surface area (Å²) in [4.78, 5) is 0. The number of halogens is 1. The van der Waals surface area contributed by atoms with Crippen LogP contribution in [0.5, 0.6) is 0 Å². The van der Waals surface area contributed by atoms with E-state index in [4.69, 9.17) is 5.26 Å². The maximum atomic E-state index is 10.4. The van der Waals surface area contributed by atoms with Crippen molar-refractivity contribution in [1.29, 1.82) is 5.26 Å². The molecule has 2 nitrogen and oxygen atoms in total. The van der Waals surface area contributed by atoms with E-state index in [1.807, 2.05) is 31.2 Å². The summed E-state index contributed by atoms with van der Waals surface area (Å²) in [7, 11) is 0. The largest absolute Gasteiger partial charge is 0.384 e. The third kappa shape index (κ3) is 2.39. The zero-order valence-electron chi connectivity index (χ0n) is 8.87. The van der Waals surface area contributed by atoms with Crippen LogP contribution in [0.15, 0.2) is 28.7 Å². The van der Waals surface area contributed by atoms with E-state index in [9.17, 15) is 5.11 Å². The smallest absolute Gasteiger partial charge is 0.105 e. The average molecular weight is 268 g/mol. The van der Waals surface area contributed by atoms with Gasteiger partial charge in [0.15, 0.2) is 0 Å². The van der Waals surface area contributed by atoms with Crippen molar-refractivity contribution < 1.29 is 5.11 Å². The van der Waals surface area contributed by atoms with Crippen LogP contribution in [0.4, 0.5) is 0 Å². The zero-order chi connectivity index (χ0) is 11.5. The lowest BCUT2D eigenvalue weighted by atomic mass is 9.81. The summed E-state index contributed by atoms with van der Waals surface area (Å²) >= 11 is 3.36. The maximum Gasteiger partial charge on any atom is 0.105 e. The number of nitriles is 1. The lowest BCUT2D eigenvalue weighted by molar-refractivity contribution is -0.000513. The Morgan fingerprint density at radius 3 is 2.73 bits per heavy atom. The van der Waals surface area contributed by atoms with Crippen molar-refractivity contribution in [2.75, 3.05) is 0 Å². The maximum absolute atomic E-state index is 10.4. The number of hydrogen-bond acceptors (Lipinski definition) is 2. The summed E-state index contributed by atoms with van der Waals surface area (Å²) in [6, 6.07) is 9.58. The van der Waals surface area contributed by atoms with Gasteiger partial charge in [-0.25, -0.2) is 0 Å². The molecule has 0 radical (unpaired) electrons. The molecule has 1 rings (SSSR count). The first-order valence-corrected chi connectivity index (χ1v) is 5.72. The van der Waals surface area contributed by atoms with Crippen LogP contribution in [0.3, 0.4) is 0 Å². The molecule has 1 aromatic carbocycles. The topological polar surface area (TPSA) is 44.0 Å². The summed E-state index contributed by atoms with van der Waals surface area (Å²) in [6.07, 6.45) is 0.526. The second-order valence-electron chi connectivity index (χ2n) is 3.64. The summed E-state index contributed by atoms with van der Waals surface area (Å²) < 4.78 is 0.914. The number of hydrogen-bond donors (Lipinski definition) is 1. The number of aliphatic hydroxyl groups is 1. The molecule has 0 aliphatic rings. The minimum absolute atomic E-state index is 0.420. The fraction of sp³-hybridized carbons (Fsp3) is 0.417. The number of nitrogens with zero attached hydrogens (tertiary/aromatic N) is 1. The van der Waals surface area contributed by atoms with Crippen molar-refractivity contribution in [3.8, 4) is 6.07 Å². The molecule has 0 saturated carbocycles. The van der Waals surface area contributed by atoms with Crippen LogP contribution >= 0.6 is 15.9 Å². The minimum atomic E-state index is -1.06. The molecule has 0 saturated heterocycles. The van der Waals surface area contributed by atoms with E-state index >= 15 is 0 Å². The van der Waals surface area contributed by atoms with Crippen molar-refractivity contribution in [3.05, 3.63) is 34.3 Å². The Morgan fingerprint density at radius 2 is 2.27 bits per heavy atom. The van der Waals surface area contributed by atoms with Crippen LogP contribution in [0.2, 0.25) is 0 Å². The molecule has 0 fully saturated rings. The lowest BCUT2D eigenvalue weighted by Crippen LogP contribution is -2.32. The summed E-state index contributed by atoms with van der Waals surface area (Å²) in [5, 5.41) is 19.4. The van der Waals surface area contributed by atoms with Gasteiger partial charge in [-0.15, -0.1) is 0 Å². The van der Waals surface area contributed by atoms with Gasteiger partial charge in [-0.1, -0.05) is 35.0 Å². The molecule has 0 aliphatic heterocycles. The second kappa shape index (κ2) is 4.78. The van der Waals surface area contributed by atoms with E-state index in [1.54, 1.807) is 6.92 Å². The highest BCUT2D eigenvalue weighted by Gasteiger charge is 2.33. The van der Waals surface area contributed by atoms with E-state index in [-0.39, 0.29) is 0 Å². The van der Waals surface area contributed by atoms with E-state index in [0.717, 1.165) is 10.0 Å². The van der Waals surface area contributed by atoms with Gasteiger partial charge in [0.2, 0.25) is 0 Å². The number of benzene rings is 1. The quantitative estimate of drug-likeness (QED) is 0.914. The van der Waals surface area contributed by atoms with Crippen molar-refractivity contribution in [2.45, 2.75) is 25.9 Å². The van der Waals surface area contributed by atoms with Crippen molar-refractivity contribution in [3.63, 3.8) is 0 Å². The van der Waals surface area contributed by atoms with Crippen LogP contribution < -0.4 is 0 Å². The molecule has 3 heteroatoms. The van der Waals surface area contributed by atoms with Crippen LogP contribution in [-0.2, 0) is 5.60 Å². The molecule has 0 aromatic heterocycles. The second-order valence-corrected chi connectivity index (χ2v) is 4.55. The molecule has 1 N–H and O–H groups in total. The van der Waals surface area contributed by atoms with Gasteiger partial charge in [0.05, 0.1) is 12.0 Å². The zero-order valence-corrected chi connectivity index (χ0v) is 10.5. The normalized spacial score (nSPS) is 16.5. The SMILES string of the molecule is CCC(O)(c1cccc(Br)c1)C(C)C#N. The third-order valence-corrected chi connectivity index (χ3v) is 3.27. The van der Waals surface area contributed by atoms with Crippen LogP contribution in [0.1, 0.15) is 25.8 Å². The Balaban J connectivity index is 3.18. The lowest BCUT2D eigenvalue weighted by Gasteiger charge is -2.29. The predicted molar refractivity (Wildman–Crippen MR) is 63.1 cm³/mol. The van der Waals surface area contributed by atoms with Gasteiger partial charge < -0.3 is 5.11 Å². The Hall–Kier alpha value is -0.850. The van der Waals surface area contributed by atoms with Crippen LogP contribution in [0, 0.1) is 17.2 Å². The van der Waals surface area contributed by atoms with E-state index in [1.165, 1.54) is 0 Å². The first kappa shape index (κ1) is 12.2. The van der Waals surface area contributed by atoms with E-state index in [0.29, 0.717) is 6.42 Å². The van der Waals surface area contributed by atoms with Crippen molar-refractivity contribution in [2.24, 2.45) is 5.92 Å². The molecule has 2 unspecified atom stereocenters. The van der Waals surface area contributed by atoms with Gasteiger partial charge in [0.1, 0.15) is 5.60 Å². The Kier molecular flexibility index (Phi) is 3.90.